The highest BCUT2D eigenvalue weighted by molar-refractivity contribution is 6.33. The van der Waals surface area contributed by atoms with Gasteiger partial charge in [0.2, 0.25) is 5.78 Å². The van der Waals surface area contributed by atoms with Gasteiger partial charge in [0.15, 0.2) is 11.4 Å². The van der Waals surface area contributed by atoms with Gasteiger partial charge in [-0.2, -0.15) is 0 Å². The molecule has 1 amide bonds. The fourth-order valence-corrected chi connectivity index (χ4v) is 6.09. The first-order valence-corrected chi connectivity index (χ1v) is 11.1. The molecule has 3 aliphatic carbocycles. The second kappa shape index (κ2) is 7.81. The zero-order valence-corrected chi connectivity index (χ0v) is 19.4. The molecule has 0 bridgehead atoms. The molecular formula is C23H25ClN2O8. The van der Waals surface area contributed by atoms with E-state index in [0.29, 0.717) is 0 Å². The first-order valence-electron chi connectivity index (χ1n) is 10.7. The molecule has 0 aliphatic heterocycles. The van der Waals surface area contributed by atoms with E-state index in [1.807, 2.05) is 0 Å². The van der Waals surface area contributed by atoms with Gasteiger partial charge in [0, 0.05) is 16.5 Å². The molecular weight excluding hydrogens is 468 g/mol. The first kappa shape index (κ1) is 24.2. The van der Waals surface area contributed by atoms with Crippen molar-refractivity contribution in [3.63, 3.8) is 0 Å². The zero-order valence-electron chi connectivity index (χ0n) is 18.6. The van der Waals surface area contributed by atoms with Crippen molar-refractivity contribution in [3.05, 3.63) is 50.9 Å². The number of hydrogen-bond acceptors (Lipinski definition) is 9. The number of phenolic OH excluding ortho intramolecular Hbond substituents is 1. The number of nitrogens with two attached hydrogens (primary N) is 1. The standard InChI is InChI=1S/C23H25ClN2O8/c1-4-26(3)16-15-18(29)11-7(2)10-8(24)5-6-9(27)12(10)17(28)13(11)20(31)23(15,34)21(32)14(19(16)30)22(25)33/h5-7,11,15-16,18,27,29-31,34H,4H2,1-3H3,(H2,25,33)/t7?,11?,15?,16-,18?,23-/m0/s1. The summed E-state index contributed by atoms with van der Waals surface area (Å²) in [7, 11) is 1.53. The Balaban J connectivity index is 2.07. The number of aromatic hydroxyl groups is 1. The number of rotatable bonds is 3. The molecule has 11 heteroatoms. The second-order valence-electron chi connectivity index (χ2n) is 9.02. The lowest BCUT2D eigenvalue weighted by atomic mass is 9.55. The highest BCUT2D eigenvalue weighted by Gasteiger charge is 2.67. The Morgan fingerprint density at radius 2 is 1.85 bits per heavy atom. The van der Waals surface area contributed by atoms with E-state index in [0.717, 1.165) is 0 Å². The van der Waals surface area contributed by atoms with Crippen LogP contribution in [0.4, 0.5) is 0 Å². The maximum atomic E-state index is 13.5. The molecule has 10 nitrogen and oxygen atoms in total. The number of carbonyl (C=O) groups excluding carboxylic acids is 3. The van der Waals surface area contributed by atoms with E-state index in [4.69, 9.17) is 17.3 Å². The Bertz CT molecular complexity index is 1210. The molecule has 0 saturated heterocycles. The summed E-state index contributed by atoms with van der Waals surface area (Å²) in [6, 6.07) is 1.30. The summed E-state index contributed by atoms with van der Waals surface area (Å²) in [4.78, 5) is 40.3. The molecule has 7 N–H and O–H groups in total. The molecule has 1 aromatic carbocycles. The molecule has 0 saturated carbocycles. The van der Waals surface area contributed by atoms with Gasteiger partial charge in [0.25, 0.3) is 5.91 Å². The van der Waals surface area contributed by atoms with Crippen LogP contribution in [0, 0.1) is 11.8 Å². The number of ketones is 2. The Kier molecular flexibility index (Phi) is 5.56. The van der Waals surface area contributed by atoms with E-state index in [9.17, 15) is 39.9 Å². The van der Waals surface area contributed by atoms with E-state index >= 15 is 0 Å². The van der Waals surface area contributed by atoms with Crippen molar-refractivity contribution >= 4 is 29.1 Å². The number of primary amides is 1. The van der Waals surface area contributed by atoms with Gasteiger partial charge >= 0.3 is 0 Å². The lowest BCUT2D eigenvalue weighted by molar-refractivity contribution is -0.162. The molecule has 0 heterocycles. The fraction of sp³-hybridized carbons (Fsp3) is 0.435. The third-order valence-corrected chi connectivity index (χ3v) is 7.80. The van der Waals surface area contributed by atoms with Crippen LogP contribution in [0.3, 0.4) is 0 Å². The Morgan fingerprint density at radius 1 is 1.24 bits per heavy atom. The van der Waals surface area contributed by atoms with E-state index in [1.54, 1.807) is 13.8 Å². The van der Waals surface area contributed by atoms with Crippen LogP contribution in [0.5, 0.6) is 5.75 Å². The molecule has 0 spiro atoms. The van der Waals surface area contributed by atoms with Crippen LogP contribution in [0.15, 0.2) is 34.8 Å². The summed E-state index contributed by atoms with van der Waals surface area (Å²) in [6.45, 7) is 3.58. The fourth-order valence-electron chi connectivity index (χ4n) is 5.76. The van der Waals surface area contributed by atoms with Gasteiger partial charge in [-0.05, 0) is 37.2 Å². The van der Waals surface area contributed by atoms with Gasteiger partial charge in [-0.25, -0.2) is 0 Å². The number of aliphatic hydroxyl groups excluding tert-OH is 3. The van der Waals surface area contributed by atoms with Gasteiger partial charge in [0.05, 0.1) is 23.6 Å². The predicted molar refractivity (Wildman–Crippen MR) is 119 cm³/mol. The molecule has 3 aliphatic rings. The lowest BCUT2D eigenvalue weighted by Crippen LogP contribution is -2.68. The number of likely N-dealkylation sites (N-methyl/N-ethyl adjacent to an activating group) is 1. The molecule has 182 valence electrons. The highest BCUT2D eigenvalue weighted by Crippen LogP contribution is 2.56. The van der Waals surface area contributed by atoms with Gasteiger partial charge in [-0.15, -0.1) is 0 Å². The minimum atomic E-state index is -2.93. The van der Waals surface area contributed by atoms with Gasteiger partial charge in [-0.1, -0.05) is 25.4 Å². The quantitative estimate of drug-likeness (QED) is 0.331. The average Bonchev–Trinajstić information content (AvgIpc) is 2.77. The van der Waals surface area contributed by atoms with Crippen LogP contribution in [-0.2, 0) is 9.59 Å². The highest BCUT2D eigenvalue weighted by atomic mass is 35.5. The van der Waals surface area contributed by atoms with Crippen molar-refractivity contribution in [1.29, 1.82) is 0 Å². The third-order valence-electron chi connectivity index (χ3n) is 7.47. The van der Waals surface area contributed by atoms with Crippen molar-refractivity contribution in [2.75, 3.05) is 13.6 Å². The summed E-state index contributed by atoms with van der Waals surface area (Å²) in [5.74, 6) is -9.35. The maximum absolute atomic E-state index is 13.5. The zero-order chi connectivity index (χ0) is 25.4. The van der Waals surface area contributed by atoms with Crippen LogP contribution in [0.1, 0.15) is 35.7 Å². The number of Topliss-reactive ketones (excluding diaryl/α,β-unsaturated/α-hetero) is 2. The van der Waals surface area contributed by atoms with Gasteiger partial charge in [-0.3, -0.25) is 19.3 Å². The first-order chi connectivity index (χ1) is 15.8. The number of phenols is 1. The molecule has 0 fully saturated rings. The minimum Gasteiger partial charge on any atom is -0.510 e. The van der Waals surface area contributed by atoms with Crippen molar-refractivity contribution < 1.29 is 39.9 Å². The number of carbonyl (C=O) groups is 3. The van der Waals surface area contributed by atoms with Gasteiger partial charge < -0.3 is 31.3 Å². The average molecular weight is 493 g/mol. The van der Waals surface area contributed by atoms with E-state index in [1.165, 1.54) is 24.1 Å². The monoisotopic (exact) mass is 492 g/mol. The van der Waals surface area contributed by atoms with Crippen molar-refractivity contribution in [2.45, 2.75) is 37.5 Å². The number of halogens is 1. The van der Waals surface area contributed by atoms with Crippen LogP contribution < -0.4 is 5.73 Å². The summed E-state index contributed by atoms with van der Waals surface area (Å²) < 4.78 is 0. The molecule has 34 heavy (non-hydrogen) atoms. The summed E-state index contributed by atoms with van der Waals surface area (Å²) >= 11 is 6.32. The summed E-state index contributed by atoms with van der Waals surface area (Å²) in [5, 5.41) is 55.8. The van der Waals surface area contributed by atoms with Crippen molar-refractivity contribution in [2.24, 2.45) is 17.6 Å². The second-order valence-corrected chi connectivity index (χ2v) is 9.42. The third kappa shape index (κ3) is 2.83. The smallest absolute Gasteiger partial charge is 0.255 e. The number of amides is 1. The molecule has 6 atom stereocenters. The normalized spacial score (nSPS) is 33.1. The summed E-state index contributed by atoms with van der Waals surface area (Å²) in [6.07, 6.45) is -1.65. The van der Waals surface area contributed by atoms with Crippen LogP contribution in [-0.4, -0.2) is 79.2 Å². The van der Waals surface area contributed by atoms with Crippen LogP contribution in [0.25, 0.3) is 0 Å². The number of aliphatic hydroxyl groups is 4. The van der Waals surface area contributed by atoms with Crippen LogP contribution in [0.2, 0.25) is 5.02 Å². The van der Waals surface area contributed by atoms with E-state index in [2.05, 4.69) is 0 Å². The van der Waals surface area contributed by atoms with Crippen LogP contribution >= 0.6 is 11.6 Å². The lowest BCUT2D eigenvalue weighted by Gasteiger charge is -2.53. The largest absolute Gasteiger partial charge is 0.510 e. The molecule has 4 unspecified atom stereocenters. The van der Waals surface area contributed by atoms with Crippen molar-refractivity contribution in [1.82, 2.24) is 4.90 Å². The minimum absolute atomic E-state index is 0.154. The Hall–Kier alpha value is -2.92. The Labute approximate surface area is 199 Å². The topological polar surface area (TPSA) is 182 Å². The Morgan fingerprint density at radius 3 is 2.41 bits per heavy atom. The van der Waals surface area contributed by atoms with E-state index in [-0.39, 0.29) is 22.7 Å². The number of benzene rings is 1. The maximum Gasteiger partial charge on any atom is 0.255 e. The number of hydrogen-bond donors (Lipinski definition) is 6. The molecule has 4 rings (SSSR count). The molecule has 1 aromatic rings. The molecule has 0 aromatic heterocycles. The SMILES string of the molecule is CCN(C)[C@@H]1C(O)=C(C(N)=O)C(=O)[C@@]2(O)C(O)=C3C(=O)c4c(O)ccc(Cl)c4C(C)C3C(O)C12. The molecule has 0 radical (unpaired) electrons. The number of nitrogens with zero attached hydrogens (tertiary/aromatic N) is 1. The number of fused-ring (bicyclic) bond motifs is 3. The predicted octanol–water partition coefficient (Wildman–Crippen LogP) is 0.696. The summed E-state index contributed by atoms with van der Waals surface area (Å²) in [5.41, 5.74) is 1.01. The van der Waals surface area contributed by atoms with Gasteiger partial charge in [0.1, 0.15) is 22.8 Å². The van der Waals surface area contributed by atoms with Crippen molar-refractivity contribution in [3.8, 4) is 5.75 Å². The van der Waals surface area contributed by atoms with E-state index < -0.39 is 81.4 Å².